The van der Waals surface area contributed by atoms with Crippen LogP contribution in [0.3, 0.4) is 0 Å². The molecule has 2 aromatic carbocycles. The van der Waals surface area contributed by atoms with Crippen LogP contribution < -0.4 is 34.9 Å². The van der Waals surface area contributed by atoms with Crippen LogP contribution in [0.4, 0.5) is 28.1 Å². The summed E-state index contributed by atoms with van der Waals surface area (Å²) in [6.45, 7) is 0. The van der Waals surface area contributed by atoms with Gasteiger partial charge in [0.25, 0.3) is 0 Å². The van der Waals surface area contributed by atoms with Crippen molar-refractivity contribution in [2.45, 2.75) is 0 Å². The van der Waals surface area contributed by atoms with Crippen molar-refractivity contribution in [3.05, 3.63) is 42.7 Å². The normalized spacial score (nSPS) is 10.1. The minimum atomic E-state index is -0.516. The fourth-order valence-corrected chi connectivity index (χ4v) is 2.66. The van der Waals surface area contributed by atoms with Gasteiger partial charge in [-0.05, 0) is 12.1 Å². The number of amides is 2. The van der Waals surface area contributed by atoms with E-state index < -0.39 is 6.03 Å². The molecule has 0 saturated heterocycles. The largest absolute Gasteiger partial charge is 0.497 e. The van der Waals surface area contributed by atoms with Gasteiger partial charge in [-0.15, -0.1) is 0 Å². The molecule has 3 N–H and O–H groups in total. The van der Waals surface area contributed by atoms with Crippen LogP contribution in [0, 0.1) is 0 Å². The van der Waals surface area contributed by atoms with E-state index in [4.69, 9.17) is 18.9 Å². The van der Waals surface area contributed by atoms with Gasteiger partial charge >= 0.3 is 6.03 Å². The summed E-state index contributed by atoms with van der Waals surface area (Å²) in [5.41, 5.74) is 1.15. The maximum atomic E-state index is 12.3. The van der Waals surface area contributed by atoms with E-state index in [0.717, 1.165) is 0 Å². The number of benzene rings is 2. The first kappa shape index (κ1) is 21.4. The summed E-state index contributed by atoms with van der Waals surface area (Å²) in [5.74, 6) is 2.28. The smallest absolute Gasteiger partial charge is 0.326 e. The lowest BCUT2D eigenvalue weighted by atomic mass is 10.2. The number of carbonyl (C=O) groups excluding carboxylic acids is 1. The molecule has 0 bridgehead atoms. The van der Waals surface area contributed by atoms with E-state index in [0.29, 0.717) is 34.4 Å². The lowest BCUT2D eigenvalue weighted by molar-refractivity contribution is 0.262. The molecule has 11 heteroatoms. The van der Waals surface area contributed by atoms with Gasteiger partial charge in [-0.2, -0.15) is 4.98 Å². The zero-order valence-corrected chi connectivity index (χ0v) is 17.4. The quantitative estimate of drug-likeness (QED) is 0.497. The summed E-state index contributed by atoms with van der Waals surface area (Å²) in [4.78, 5) is 24.5. The van der Waals surface area contributed by atoms with E-state index in [-0.39, 0.29) is 11.9 Å². The second-order valence-electron chi connectivity index (χ2n) is 5.98. The Morgan fingerprint density at radius 2 is 1.52 bits per heavy atom. The van der Waals surface area contributed by atoms with Crippen LogP contribution in [0.1, 0.15) is 0 Å². The molecular weight excluding hydrogens is 404 g/mol. The fraction of sp³-hybridized carbons (Fsp3) is 0.200. The summed E-state index contributed by atoms with van der Waals surface area (Å²) in [5, 5.41) is 8.25. The van der Waals surface area contributed by atoms with Crippen molar-refractivity contribution in [3.8, 4) is 23.0 Å². The molecule has 31 heavy (non-hydrogen) atoms. The second kappa shape index (κ2) is 9.96. The number of nitrogens with one attached hydrogen (secondary N) is 3. The molecule has 0 unspecified atom stereocenters. The van der Waals surface area contributed by atoms with Crippen LogP contribution in [-0.4, -0.2) is 49.4 Å². The fourth-order valence-electron chi connectivity index (χ4n) is 2.66. The van der Waals surface area contributed by atoms with Crippen molar-refractivity contribution < 1.29 is 23.7 Å². The Hall–Kier alpha value is -4.28. The summed E-state index contributed by atoms with van der Waals surface area (Å²) in [6, 6.07) is 9.84. The van der Waals surface area contributed by atoms with Crippen molar-refractivity contribution in [2.24, 2.45) is 0 Å². The Kier molecular flexibility index (Phi) is 6.89. The molecule has 0 aliphatic heterocycles. The molecule has 0 aliphatic carbocycles. The summed E-state index contributed by atoms with van der Waals surface area (Å²) in [6.07, 6.45) is 1.27. The van der Waals surface area contributed by atoms with Crippen LogP contribution in [-0.2, 0) is 0 Å². The number of aromatic nitrogens is 3. The highest BCUT2D eigenvalue weighted by molar-refractivity contribution is 5.98. The van der Waals surface area contributed by atoms with Gasteiger partial charge in [0.2, 0.25) is 17.6 Å². The molecule has 0 radical (unpaired) electrons. The van der Waals surface area contributed by atoms with E-state index in [1.165, 1.54) is 27.7 Å². The van der Waals surface area contributed by atoms with E-state index >= 15 is 0 Å². The zero-order valence-electron chi connectivity index (χ0n) is 17.4. The van der Waals surface area contributed by atoms with Gasteiger partial charge in [0.15, 0.2) is 11.5 Å². The van der Waals surface area contributed by atoms with Gasteiger partial charge in [-0.1, -0.05) is 6.07 Å². The Bertz CT molecular complexity index is 1040. The van der Waals surface area contributed by atoms with Gasteiger partial charge in [0.05, 0.1) is 28.4 Å². The Labute approximate surface area is 178 Å². The maximum absolute atomic E-state index is 12.3. The SMILES string of the molecule is COc1cccc(NC(=O)Nc2ncnc(Nc3cc(OC)c(OC)c(OC)c3)n2)c1. The number of hydrogen-bond acceptors (Lipinski definition) is 9. The van der Waals surface area contributed by atoms with Crippen molar-refractivity contribution in [3.63, 3.8) is 0 Å². The number of urea groups is 1. The summed E-state index contributed by atoms with van der Waals surface area (Å²) >= 11 is 0. The molecule has 3 rings (SSSR count). The molecule has 2 amide bonds. The van der Waals surface area contributed by atoms with Crippen LogP contribution in [0.5, 0.6) is 23.0 Å². The van der Waals surface area contributed by atoms with Gasteiger partial charge in [0.1, 0.15) is 12.1 Å². The third kappa shape index (κ3) is 5.41. The average Bonchev–Trinajstić information content (AvgIpc) is 2.78. The molecule has 0 saturated carbocycles. The Balaban J connectivity index is 1.72. The maximum Gasteiger partial charge on any atom is 0.326 e. The van der Waals surface area contributed by atoms with E-state index in [9.17, 15) is 4.79 Å². The van der Waals surface area contributed by atoms with Crippen molar-refractivity contribution in [1.82, 2.24) is 15.0 Å². The number of hydrogen-bond donors (Lipinski definition) is 3. The highest BCUT2D eigenvalue weighted by atomic mass is 16.5. The minimum Gasteiger partial charge on any atom is -0.497 e. The first-order valence-electron chi connectivity index (χ1n) is 9.04. The number of nitrogens with zero attached hydrogens (tertiary/aromatic N) is 3. The molecule has 1 heterocycles. The first-order valence-corrected chi connectivity index (χ1v) is 9.04. The van der Waals surface area contributed by atoms with E-state index in [2.05, 4.69) is 30.9 Å². The molecule has 11 nitrogen and oxygen atoms in total. The van der Waals surface area contributed by atoms with Crippen molar-refractivity contribution >= 4 is 29.3 Å². The third-order valence-electron chi connectivity index (χ3n) is 4.05. The molecule has 1 aromatic heterocycles. The highest BCUT2D eigenvalue weighted by Gasteiger charge is 2.14. The number of carbonyl (C=O) groups is 1. The molecular formula is C20H22N6O5. The lowest BCUT2D eigenvalue weighted by Gasteiger charge is -2.14. The zero-order chi connectivity index (χ0) is 22.2. The number of anilines is 4. The van der Waals surface area contributed by atoms with Gasteiger partial charge in [0, 0.05) is 29.6 Å². The van der Waals surface area contributed by atoms with Crippen LogP contribution in [0.2, 0.25) is 0 Å². The molecule has 162 valence electrons. The molecule has 0 aliphatic rings. The summed E-state index contributed by atoms with van der Waals surface area (Å²) < 4.78 is 21.1. The van der Waals surface area contributed by atoms with Crippen LogP contribution >= 0.6 is 0 Å². The number of ether oxygens (including phenoxy) is 4. The highest BCUT2D eigenvalue weighted by Crippen LogP contribution is 2.40. The Morgan fingerprint density at radius 1 is 0.806 bits per heavy atom. The third-order valence-corrected chi connectivity index (χ3v) is 4.05. The van der Waals surface area contributed by atoms with Crippen molar-refractivity contribution in [1.29, 1.82) is 0 Å². The Morgan fingerprint density at radius 3 is 2.16 bits per heavy atom. The topological polar surface area (TPSA) is 129 Å². The second-order valence-corrected chi connectivity index (χ2v) is 5.98. The predicted molar refractivity (Wildman–Crippen MR) is 115 cm³/mol. The predicted octanol–water partition coefficient (Wildman–Crippen LogP) is 3.29. The van der Waals surface area contributed by atoms with Gasteiger partial charge in [-0.3, -0.25) is 5.32 Å². The van der Waals surface area contributed by atoms with E-state index in [1.54, 1.807) is 43.5 Å². The van der Waals surface area contributed by atoms with E-state index in [1.807, 2.05) is 0 Å². The van der Waals surface area contributed by atoms with Crippen LogP contribution in [0.15, 0.2) is 42.7 Å². The number of methoxy groups -OCH3 is 4. The average molecular weight is 426 g/mol. The van der Waals surface area contributed by atoms with Crippen molar-refractivity contribution in [2.75, 3.05) is 44.4 Å². The summed E-state index contributed by atoms with van der Waals surface area (Å²) in [7, 11) is 6.11. The molecule has 0 fully saturated rings. The monoisotopic (exact) mass is 426 g/mol. The molecule has 0 atom stereocenters. The number of rotatable bonds is 8. The minimum absolute atomic E-state index is 0.0605. The van der Waals surface area contributed by atoms with Gasteiger partial charge in [-0.25, -0.2) is 14.8 Å². The molecule has 3 aromatic rings. The lowest BCUT2D eigenvalue weighted by Crippen LogP contribution is -2.21. The van der Waals surface area contributed by atoms with Crippen LogP contribution in [0.25, 0.3) is 0 Å². The standard InChI is InChI=1S/C20H22N6O5/c1-28-14-7-5-6-12(8-14)24-20(27)26-19-22-11-21-18(25-19)23-13-9-15(29-2)17(31-4)16(10-13)30-3/h5-11H,1-4H3,(H3,21,22,23,24,25,26,27). The molecule has 0 spiro atoms. The first-order chi connectivity index (χ1) is 15.1. The van der Waals surface area contributed by atoms with Gasteiger partial charge < -0.3 is 29.6 Å².